The number of unbranched alkanes of at least 4 members (excludes halogenated alkanes) is 2. The maximum atomic E-state index is 13.7. The topological polar surface area (TPSA) is 42.8 Å². The minimum atomic E-state index is -4.53. The first-order chi connectivity index (χ1) is 14.4. The summed E-state index contributed by atoms with van der Waals surface area (Å²) in [6.45, 7) is 4.80. The van der Waals surface area contributed by atoms with Crippen molar-refractivity contribution in [2.24, 2.45) is 4.99 Å². The van der Waals surface area contributed by atoms with Gasteiger partial charge < -0.3 is 14.8 Å². The first-order valence-corrected chi connectivity index (χ1v) is 10.4. The summed E-state index contributed by atoms with van der Waals surface area (Å²) in [4.78, 5) is 4.50. The average Bonchev–Trinajstić information content (AvgIpc) is 3.25. The highest BCUT2D eigenvalue weighted by atomic mass is 19.4. The monoisotopic (exact) mass is 424 g/mol. The molecule has 1 aromatic rings. The second-order valence-electron chi connectivity index (χ2n) is 7.11. The zero-order valence-corrected chi connectivity index (χ0v) is 17.9. The normalized spacial score (nSPS) is 18.3. The number of halogens is 3. The average molecular weight is 425 g/mol. The Bertz CT molecular complexity index is 764. The molecule has 1 aliphatic heterocycles. The maximum absolute atomic E-state index is 13.7. The fourth-order valence-electron chi connectivity index (χ4n) is 3.26. The summed E-state index contributed by atoms with van der Waals surface area (Å²) in [5.41, 5.74) is -0.0188. The maximum Gasteiger partial charge on any atom is 0.419 e. The second kappa shape index (κ2) is 11.8. The van der Waals surface area contributed by atoms with Crippen LogP contribution in [0.4, 0.5) is 13.2 Å². The van der Waals surface area contributed by atoms with E-state index in [2.05, 4.69) is 17.2 Å². The van der Waals surface area contributed by atoms with Crippen molar-refractivity contribution >= 4 is 11.6 Å². The van der Waals surface area contributed by atoms with Crippen LogP contribution in [-0.4, -0.2) is 32.2 Å². The molecule has 1 saturated heterocycles. The summed E-state index contributed by atoms with van der Waals surface area (Å²) < 4.78 is 51.8. The van der Waals surface area contributed by atoms with E-state index in [-0.39, 0.29) is 18.4 Å². The third kappa shape index (κ3) is 6.90. The summed E-state index contributed by atoms with van der Waals surface area (Å²) in [5, 5.41) is 3.29. The van der Waals surface area contributed by atoms with Gasteiger partial charge in [-0.1, -0.05) is 38.0 Å². The molecule has 1 N–H and O–H groups in total. The molecule has 1 heterocycles. The molecule has 1 aromatic carbocycles. The molecule has 0 radical (unpaired) electrons. The highest BCUT2D eigenvalue weighted by Gasteiger charge is 2.35. The van der Waals surface area contributed by atoms with E-state index in [1.54, 1.807) is 25.1 Å². The molecule has 1 atom stereocenters. The molecular weight excluding hydrogens is 393 g/mol. The lowest BCUT2D eigenvalue weighted by Gasteiger charge is -2.16. The van der Waals surface area contributed by atoms with Gasteiger partial charge in [0, 0.05) is 5.56 Å². The largest absolute Gasteiger partial charge is 0.489 e. The molecule has 7 heteroatoms. The van der Waals surface area contributed by atoms with Crippen LogP contribution in [0.15, 0.2) is 41.4 Å². The van der Waals surface area contributed by atoms with E-state index in [1.165, 1.54) is 13.2 Å². The lowest BCUT2D eigenvalue weighted by Crippen LogP contribution is -2.32. The molecule has 1 fully saturated rings. The summed E-state index contributed by atoms with van der Waals surface area (Å²) in [6, 6.07) is 4.02. The quantitative estimate of drug-likeness (QED) is 0.229. The highest BCUT2D eigenvalue weighted by Crippen LogP contribution is 2.38. The van der Waals surface area contributed by atoms with Gasteiger partial charge in [-0.05, 0) is 50.9 Å². The van der Waals surface area contributed by atoms with E-state index < -0.39 is 11.7 Å². The highest BCUT2D eigenvalue weighted by molar-refractivity contribution is 5.88. The summed E-state index contributed by atoms with van der Waals surface area (Å²) in [6.07, 6.45) is 5.74. The molecule has 0 aliphatic carbocycles. The molecule has 4 nitrogen and oxygen atoms in total. The predicted molar refractivity (Wildman–Crippen MR) is 115 cm³/mol. The molecule has 0 spiro atoms. The SMILES string of the molecule is C/C=C(\N=C(/OC)C1CCCN1)c1ccc(OC/C=C/CCCC)c(C(F)(F)F)c1. The fraction of sp³-hybridized carbons (Fsp3) is 0.522. The van der Waals surface area contributed by atoms with Crippen LogP contribution in [0.25, 0.3) is 5.70 Å². The Morgan fingerprint density at radius 1 is 1.30 bits per heavy atom. The number of alkyl halides is 3. The van der Waals surface area contributed by atoms with E-state index in [0.717, 1.165) is 44.7 Å². The molecule has 0 bridgehead atoms. The van der Waals surface area contributed by atoms with Gasteiger partial charge in [0.25, 0.3) is 0 Å². The summed E-state index contributed by atoms with van der Waals surface area (Å²) >= 11 is 0. The Labute approximate surface area is 176 Å². The van der Waals surface area contributed by atoms with Crippen molar-refractivity contribution in [3.8, 4) is 5.75 Å². The van der Waals surface area contributed by atoms with Crippen LogP contribution < -0.4 is 10.1 Å². The number of benzene rings is 1. The van der Waals surface area contributed by atoms with Crippen molar-refractivity contribution in [1.82, 2.24) is 5.32 Å². The standard InChI is InChI=1S/C23H31F3N2O2/c1-4-6-7-8-9-15-30-21-13-12-17(16-18(21)23(24,25)26)19(5-2)28-22(29-3)20-11-10-14-27-20/h5,8-9,12-13,16,20,27H,4,6-7,10-11,14-15H2,1-3H3/b9-8+,19-5-,28-22-. The van der Waals surface area contributed by atoms with Crippen LogP contribution in [0.2, 0.25) is 0 Å². The second-order valence-corrected chi connectivity index (χ2v) is 7.11. The number of nitrogens with one attached hydrogen (secondary N) is 1. The van der Waals surface area contributed by atoms with Gasteiger partial charge in [-0.2, -0.15) is 13.2 Å². The first kappa shape index (κ1) is 24.0. The van der Waals surface area contributed by atoms with Gasteiger partial charge in [-0.15, -0.1) is 0 Å². The van der Waals surface area contributed by atoms with Gasteiger partial charge >= 0.3 is 6.18 Å². The van der Waals surface area contributed by atoms with Crippen molar-refractivity contribution < 1.29 is 22.6 Å². The molecule has 0 aromatic heterocycles. The van der Waals surface area contributed by atoms with Crippen molar-refractivity contribution in [1.29, 1.82) is 0 Å². The van der Waals surface area contributed by atoms with Crippen LogP contribution in [-0.2, 0) is 10.9 Å². The zero-order valence-electron chi connectivity index (χ0n) is 17.9. The Kier molecular flexibility index (Phi) is 9.43. The van der Waals surface area contributed by atoms with Crippen LogP contribution in [0.3, 0.4) is 0 Å². The Morgan fingerprint density at radius 3 is 2.70 bits per heavy atom. The molecule has 2 rings (SSSR count). The van der Waals surface area contributed by atoms with Crippen LogP contribution in [0.5, 0.6) is 5.75 Å². The molecule has 166 valence electrons. The van der Waals surface area contributed by atoms with E-state index in [1.807, 2.05) is 6.08 Å². The Balaban J connectivity index is 2.24. The molecule has 1 aliphatic rings. The zero-order chi connectivity index (χ0) is 22.0. The van der Waals surface area contributed by atoms with E-state index in [0.29, 0.717) is 17.2 Å². The number of allylic oxidation sites excluding steroid dienone is 2. The summed E-state index contributed by atoms with van der Waals surface area (Å²) in [7, 11) is 1.53. The van der Waals surface area contributed by atoms with Crippen molar-refractivity contribution in [2.45, 2.75) is 58.2 Å². The van der Waals surface area contributed by atoms with Gasteiger partial charge in [0.2, 0.25) is 5.90 Å². The third-order valence-corrected chi connectivity index (χ3v) is 4.88. The van der Waals surface area contributed by atoms with Crippen LogP contribution in [0, 0.1) is 0 Å². The first-order valence-electron chi connectivity index (χ1n) is 10.4. The number of nitrogens with zero attached hydrogens (tertiary/aromatic N) is 1. The van der Waals surface area contributed by atoms with Crippen molar-refractivity contribution in [2.75, 3.05) is 20.3 Å². The van der Waals surface area contributed by atoms with Crippen LogP contribution >= 0.6 is 0 Å². The van der Waals surface area contributed by atoms with Gasteiger partial charge in [-0.3, -0.25) is 0 Å². The number of hydrogen-bond donors (Lipinski definition) is 1. The molecular formula is C23H31F3N2O2. The minimum absolute atomic E-state index is 0.0193. The van der Waals surface area contributed by atoms with Gasteiger partial charge in [0.1, 0.15) is 12.4 Å². The van der Waals surface area contributed by atoms with E-state index in [4.69, 9.17) is 9.47 Å². The fourth-order valence-corrected chi connectivity index (χ4v) is 3.26. The van der Waals surface area contributed by atoms with Gasteiger partial charge in [0.05, 0.1) is 24.4 Å². The minimum Gasteiger partial charge on any atom is -0.489 e. The van der Waals surface area contributed by atoms with E-state index >= 15 is 0 Å². The van der Waals surface area contributed by atoms with Gasteiger partial charge in [-0.25, -0.2) is 4.99 Å². The lowest BCUT2D eigenvalue weighted by molar-refractivity contribution is -0.138. The smallest absolute Gasteiger partial charge is 0.419 e. The predicted octanol–water partition coefficient (Wildman–Crippen LogP) is 5.99. The number of methoxy groups -OCH3 is 1. The number of aliphatic imine (C=N–C) groups is 1. The van der Waals surface area contributed by atoms with Gasteiger partial charge in [0.15, 0.2) is 0 Å². The number of hydrogen-bond acceptors (Lipinski definition) is 4. The summed E-state index contributed by atoms with van der Waals surface area (Å²) in [5.74, 6) is 0.293. The molecule has 1 unspecified atom stereocenters. The number of rotatable bonds is 9. The van der Waals surface area contributed by atoms with E-state index in [9.17, 15) is 13.2 Å². The molecule has 0 amide bonds. The Hall–Kier alpha value is -2.28. The molecule has 30 heavy (non-hydrogen) atoms. The molecule has 0 saturated carbocycles. The lowest BCUT2D eigenvalue weighted by atomic mass is 10.1. The van der Waals surface area contributed by atoms with Crippen LogP contribution in [0.1, 0.15) is 57.1 Å². The van der Waals surface area contributed by atoms with Crippen molar-refractivity contribution in [3.05, 3.63) is 47.6 Å². The number of ether oxygens (including phenoxy) is 2. The Morgan fingerprint density at radius 2 is 2.10 bits per heavy atom. The van der Waals surface area contributed by atoms with Crippen molar-refractivity contribution in [3.63, 3.8) is 0 Å². The third-order valence-electron chi connectivity index (χ3n) is 4.88.